The molecule has 4 rings (SSSR count). The SMILES string of the molecule is C=CCCCn1c(-c2cccc(OCCCC)c2)nc2ncc(-c3ccco3)cc21. The predicted octanol–water partition coefficient (Wildman–Crippen LogP) is 6.50. The first-order valence-electron chi connectivity index (χ1n) is 10.5. The Morgan fingerprint density at radius 2 is 2.07 bits per heavy atom. The molecular weight excluding hydrogens is 374 g/mol. The molecule has 0 spiro atoms. The topological polar surface area (TPSA) is 53.1 Å². The van der Waals surface area contributed by atoms with E-state index in [0.29, 0.717) is 0 Å². The lowest BCUT2D eigenvalue weighted by Gasteiger charge is -2.11. The van der Waals surface area contributed by atoms with Crippen molar-refractivity contribution in [2.75, 3.05) is 6.61 Å². The van der Waals surface area contributed by atoms with Crippen LogP contribution in [0.3, 0.4) is 0 Å². The van der Waals surface area contributed by atoms with E-state index in [1.54, 1.807) is 6.26 Å². The minimum atomic E-state index is 0.726. The van der Waals surface area contributed by atoms with E-state index in [9.17, 15) is 0 Å². The number of ether oxygens (including phenoxy) is 1. The van der Waals surface area contributed by atoms with Crippen LogP contribution in [0.25, 0.3) is 33.9 Å². The summed E-state index contributed by atoms with van der Waals surface area (Å²) in [5.74, 6) is 2.57. The van der Waals surface area contributed by atoms with Gasteiger partial charge in [0.15, 0.2) is 5.65 Å². The van der Waals surface area contributed by atoms with Crippen molar-refractivity contribution in [2.45, 2.75) is 39.2 Å². The fourth-order valence-corrected chi connectivity index (χ4v) is 3.48. The van der Waals surface area contributed by atoms with E-state index in [4.69, 9.17) is 14.1 Å². The number of imidazole rings is 1. The second-order valence-electron chi connectivity index (χ2n) is 7.29. The summed E-state index contributed by atoms with van der Waals surface area (Å²) >= 11 is 0. The number of aryl methyl sites for hydroxylation is 1. The van der Waals surface area contributed by atoms with Gasteiger partial charge < -0.3 is 13.7 Å². The Labute approximate surface area is 177 Å². The summed E-state index contributed by atoms with van der Waals surface area (Å²) in [4.78, 5) is 9.47. The number of hydrogen-bond acceptors (Lipinski definition) is 4. The number of nitrogens with zero attached hydrogens (tertiary/aromatic N) is 3. The molecule has 0 atom stereocenters. The van der Waals surface area contributed by atoms with Crippen LogP contribution >= 0.6 is 0 Å². The van der Waals surface area contributed by atoms with Gasteiger partial charge in [-0.25, -0.2) is 9.97 Å². The second kappa shape index (κ2) is 9.44. The smallest absolute Gasteiger partial charge is 0.178 e. The van der Waals surface area contributed by atoms with E-state index >= 15 is 0 Å². The number of aromatic nitrogens is 3. The molecule has 0 bridgehead atoms. The highest BCUT2D eigenvalue weighted by Gasteiger charge is 2.15. The average molecular weight is 402 g/mol. The Bertz CT molecular complexity index is 1110. The number of furan rings is 1. The highest BCUT2D eigenvalue weighted by Crippen LogP contribution is 2.30. The first kappa shape index (κ1) is 20.0. The average Bonchev–Trinajstić information content (AvgIpc) is 3.42. The van der Waals surface area contributed by atoms with Crippen molar-refractivity contribution in [1.82, 2.24) is 14.5 Å². The molecule has 0 unspecified atom stereocenters. The van der Waals surface area contributed by atoms with Crippen LogP contribution in [0.15, 0.2) is 72.0 Å². The molecule has 3 heterocycles. The largest absolute Gasteiger partial charge is 0.494 e. The number of benzene rings is 1. The van der Waals surface area contributed by atoms with Crippen molar-refractivity contribution in [3.63, 3.8) is 0 Å². The molecule has 1 aromatic carbocycles. The van der Waals surface area contributed by atoms with Crippen molar-refractivity contribution < 1.29 is 9.15 Å². The van der Waals surface area contributed by atoms with Crippen LogP contribution < -0.4 is 4.74 Å². The summed E-state index contributed by atoms with van der Waals surface area (Å²) in [6.45, 7) is 7.57. The number of hydrogen-bond donors (Lipinski definition) is 0. The normalized spacial score (nSPS) is 11.1. The zero-order valence-electron chi connectivity index (χ0n) is 17.4. The van der Waals surface area contributed by atoms with E-state index in [2.05, 4.69) is 41.3 Å². The third-order valence-corrected chi connectivity index (χ3v) is 5.06. The van der Waals surface area contributed by atoms with E-state index < -0.39 is 0 Å². The van der Waals surface area contributed by atoms with Gasteiger partial charge in [-0.3, -0.25) is 0 Å². The number of rotatable bonds is 10. The third kappa shape index (κ3) is 4.30. The van der Waals surface area contributed by atoms with Gasteiger partial charge in [-0.05, 0) is 49.6 Å². The number of fused-ring (bicyclic) bond motifs is 1. The quantitative estimate of drug-likeness (QED) is 0.225. The number of allylic oxidation sites excluding steroid dienone is 1. The summed E-state index contributed by atoms with van der Waals surface area (Å²) in [5.41, 5.74) is 3.71. The number of pyridine rings is 1. The predicted molar refractivity (Wildman–Crippen MR) is 121 cm³/mol. The molecule has 0 radical (unpaired) electrons. The van der Waals surface area contributed by atoms with Gasteiger partial charge in [0.05, 0.1) is 18.4 Å². The Hall–Kier alpha value is -3.34. The summed E-state index contributed by atoms with van der Waals surface area (Å²) in [6.07, 6.45) is 9.54. The van der Waals surface area contributed by atoms with Crippen molar-refractivity contribution in [3.8, 4) is 28.5 Å². The van der Waals surface area contributed by atoms with Crippen LogP contribution in [0.2, 0.25) is 0 Å². The maximum Gasteiger partial charge on any atom is 0.178 e. The lowest BCUT2D eigenvalue weighted by molar-refractivity contribution is 0.309. The van der Waals surface area contributed by atoms with Crippen molar-refractivity contribution in [1.29, 1.82) is 0 Å². The molecule has 0 saturated heterocycles. The lowest BCUT2D eigenvalue weighted by atomic mass is 10.2. The third-order valence-electron chi connectivity index (χ3n) is 5.06. The molecule has 30 heavy (non-hydrogen) atoms. The first-order valence-corrected chi connectivity index (χ1v) is 10.5. The van der Waals surface area contributed by atoms with Crippen LogP contribution in [0, 0.1) is 0 Å². The monoisotopic (exact) mass is 401 g/mol. The van der Waals surface area contributed by atoms with Gasteiger partial charge in [0.1, 0.15) is 17.3 Å². The van der Waals surface area contributed by atoms with Gasteiger partial charge in [0.2, 0.25) is 0 Å². The van der Waals surface area contributed by atoms with Gasteiger partial charge in [0.25, 0.3) is 0 Å². The standard InChI is InChI=1S/C25H27N3O2/c1-3-5-7-13-28-22-17-20(23-12-9-15-30-23)18-26-24(22)27-25(28)19-10-8-11-21(16-19)29-14-6-4-2/h3,8-12,15-18H,1,4-7,13-14H2,2H3. The van der Waals surface area contributed by atoms with Crippen molar-refractivity contribution >= 4 is 11.2 Å². The maximum atomic E-state index is 5.91. The van der Waals surface area contributed by atoms with E-state index in [-0.39, 0.29) is 0 Å². The summed E-state index contributed by atoms with van der Waals surface area (Å²) < 4.78 is 13.7. The summed E-state index contributed by atoms with van der Waals surface area (Å²) in [5, 5.41) is 0. The van der Waals surface area contributed by atoms with Crippen LogP contribution in [-0.4, -0.2) is 21.1 Å². The minimum Gasteiger partial charge on any atom is -0.494 e. The van der Waals surface area contributed by atoms with Crippen LogP contribution in [0.5, 0.6) is 5.75 Å². The molecule has 5 heteroatoms. The van der Waals surface area contributed by atoms with Gasteiger partial charge in [-0.2, -0.15) is 0 Å². The van der Waals surface area contributed by atoms with Gasteiger partial charge in [0, 0.05) is 23.9 Å². The van der Waals surface area contributed by atoms with Gasteiger partial charge in [-0.15, -0.1) is 6.58 Å². The van der Waals surface area contributed by atoms with E-state index in [0.717, 1.165) is 78.5 Å². The van der Waals surface area contributed by atoms with E-state index in [1.165, 1.54) is 0 Å². The molecular formula is C25H27N3O2. The molecule has 5 nitrogen and oxygen atoms in total. The Balaban J connectivity index is 1.75. The van der Waals surface area contributed by atoms with Crippen LogP contribution in [0.1, 0.15) is 32.6 Å². The highest BCUT2D eigenvalue weighted by atomic mass is 16.5. The minimum absolute atomic E-state index is 0.726. The van der Waals surface area contributed by atoms with Crippen molar-refractivity contribution in [2.24, 2.45) is 0 Å². The highest BCUT2D eigenvalue weighted by molar-refractivity contribution is 5.81. The molecule has 0 aliphatic carbocycles. The zero-order chi connectivity index (χ0) is 20.8. The lowest BCUT2D eigenvalue weighted by Crippen LogP contribution is -2.01. The molecule has 3 aromatic heterocycles. The molecule has 0 amide bonds. The molecule has 0 N–H and O–H groups in total. The number of unbranched alkanes of at least 4 members (excludes halogenated alkanes) is 2. The second-order valence-corrected chi connectivity index (χ2v) is 7.29. The molecule has 0 fully saturated rings. The van der Waals surface area contributed by atoms with E-state index in [1.807, 2.05) is 36.5 Å². The molecule has 154 valence electrons. The van der Waals surface area contributed by atoms with Crippen LogP contribution in [-0.2, 0) is 6.54 Å². The van der Waals surface area contributed by atoms with Crippen molar-refractivity contribution in [3.05, 3.63) is 67.6 Å². The zero-order valence-corrected chi connectivity index (χ0v) is 17.4. The maximum absolute atomic E-state index is 5.91. The Morgan fingerprint density at radius 1 is 1.13 bits per heavy atom. The molecule has 4 aromatic rings. The van der Waals surface area contributed by atoms with Gasteiger partial charge in [-0.1, -0.05) is 31.6 Å². The fourth-order valence-electron chi connectivity index (χ4n) is 3.48. The Kier molecular flexibility index (Phi) is 6.28. The Morgan fingerprint density at radius 3 is 2.87 bits per heavy atom. The molecule has 0 saturated carbocycles. The summed E-state index contributed by atoms with van der Waals surface area (Å²) in [7, 11) is 0. The molecule has 0 aliphatic rings. The molecule has 0 aliphatic heterocycles. The van der Waals surface area contributed by atoms with Gasteiger partial charge >= 0.3 is 0 Å². The summed E-state index contributed by atoms with van der Waals surface area (Å²) in [6, 6.07) is 14.1. The first-order chi connectivity index (χ1) is 14.8. The van der Waals surface area contributed by atoms with Crippen LogP contribution in [0.4, 0.5) is 0 Å². The fraction of sp³-hybridized carbons (Fsp3) is 0.280.